The van der Waals surface area contributed by atoms with Crippen molar-refractivity contribution in [3.05, 3.63) is 23.2 Å². The fourth-order valence-corrected chi connectivity index (χ4v) is 1.69. The molecule has 0 fully saturated rings. The van der Waals surface area contributed by atoms with Gasteiger partial charge in [0, 0.05) is 24.9 Å². The Morgan fingerprint density at radius 3 is 2.50 bits per heavy atom. The molecule has 0 spiro atoms. The lowest BCUT2D eigenvalue weighted by atomic mass is 9.93. The molecular weight excluding hydrogens is 224 g/mol. The smallest absolute Gasteiger partial charge is 0.180 e. The van der Waals surface area contributed by atoms with Crippen molar-refractivity contribution in [2.75, 3.05) is 12.4 Å². The van der Waals surface area contributed by atoms with Gasteiger partial charge in [0.2, 0.25) is 0 Å². The molecule has 0 radical (unpaired) electrons. The fraction of sp³-hybridized carbons (Fsp3) is 0.455. The monoisotopic (exact) mass is 238 g/mol. The zero-order valence-electron chi connectivity index (χ0n) is 9.87. The van der Waals surface area contributed by atoms with Crippen molar-refractivity contribution in [3.8, 4) is 0 Å². The second-order valence-electron chi connectivity index (χ2n) is 4.77. The second kappa shape index (κ2) is 3.63. The highest BCUT2D eigenvalue weighted by Gasteiger charge is 2.19. The molecule has 2 heterocycles. The quantitative estimate of drug-likeness (QED) is 0.831. The maximum atomic E-state index is 5.93. The molecule has 0 aromatic carbocycles. The van der Waals surface area contributed by atoms with Crippen molar-refractivity contribution in [1.82, 2.24) is 14.4 Å². The van der Waals surface area contributed by atoms with Gasteiger partial charge in [0.15, 0.2) is 11.5 Å². The van der Waals surface area contributed by atoms with Crippen LogP contribution in [0.3, 0.4) is 0 Å². The Kier molecular flexibility index (Phi) is 2.54. The lowest BCUT2D eigenvalue weighted by molar-refractivity contribution is 0.573. The molecule has 4 nitrogen and oxygen atoms in total. The number of halogens is 1. The third kappa shape index (κ3) is 1.85. The second-order valence-corrected chi connectivity index (χ2v) is 5.16. The maximum Gasteiger partial charge on any atom is 0.180 e. The van der Waals surface area contributed by atoms with Crippen LogP contribution in [0.1, 0.15) is 26.5 Å². The van der Waals surface area contributed by atoms with E-state index in [1.54, 1.807) is 6.20 Å². The molecule has 0 unspecified atom stereocenters. The average Bonchev–Trinajstić information content (AvgIpc) is 2.59. The van der Waals surface area contributed by atoms with E-state index in [-0.39, 0.29) is 5.41 Å². The van der Waals surface area contributed by atoms with Gasteiger partial charge in [-0.3, -0.25) is 0 Å². The first-order valence-corrected chi connectivity index (χ1v) is 5.53. The zero-order chi connectivity index (χ0) is 11.9. The van der Waals surface area contributed by atoms with E-state index < -0.39 is 0 Å². The molecule has 0 saturated carbocycles. The lowest BCUT2D eigenvalue weighted by Crippen LogP contribution is -2.11. The number of fused-ring (bicyclic) bond motifs is 1. The van der Waals surface area contributed by atoms with Crippen LogP contribution in [0.4, 0.5) is 5.82 Å². The van der Waals surface area contributed by atoms with Crippen LogP contribution in [0.25, 0.3) is 5.65 Å². The van der Waals surface area contributed by atoms with Crippen molar-refractivity contribution >= 4 is 23.1 Å². The van der Waals surface area contributed by atoms with E-state index in [1.807, 2.05) is 17.6 Å². The summed E-state index contributed by atoms with van der Waals surface area (Å²) in [6.07, 6.45) is 3.75. The molecule has 5 heteroatoms. The Bertz CT molecular complexity index is 524. The summed E-state index contributed by atoms with van der Waals surface area (Å²) in [5.74, 6) is 0.697. The van der Waals surface area contributed by atoms with Gasteiger partial charge in [-0.2, -0.15) is 0 Å². The number of aromatic nitrogens is 3. The van der Waals surface area contributed by atoms with E-state index in [2.05, 4.69) is 36.1 Å². The highest BCUT2D eigenvalue weighted by molar-refractivity contribution is 6.29. The summed E-state index contributed by atoms with van der Waals surface area (Å²) >= 11 is 5.93. The molecule has 0 aliphatic heterocycles. The Morgan fingerprint density at radius 2 is 1.94 bits per heavy atom. The van der Waals surface area contributed by atoms with E-state index in [9.17, 15) is 0 Å². The minimum Gasteiger partial charge on any atom is -0.370 e. The van der Waals surface area contributed by atoms with Crippen LogP contribution in [0.2, 0.25) is 5.15 Å². The molecule has 0 aliphatic rings. The van der Waals surface area contributed by atoms with Crippen LogP contribution in [0.5, 0.6) is 0 Å². The normalized spacial score (nSPS) is 12.1. The van der Waals surface area contributed by atoms with Crippen LogP contribution in [-0.4, -0.2) is 21.4 Å². The van der Waals surface area contributed by atoms with Crippen molar-refractivity contribution in [2.45, 2.75) is 26.2 Å². The van der Waals surface area contributed by atoms with Crippen LogP contribution in [-0.2, 0) is 5.41 Å². The number of hydrogen-bond acceptors (Lipinski definition) is 3. The summed E-state index contributed by atoms with van der Waals surface area (Å²) < 4.78 is 1.90. The fourth-order valence-electron chi connectivity index (χ4n) is 1.50. The SMILES string of the molecule is CNc1nc(Cl)cn2cc(C(C)(C)C)nc12. The van der Waals surface area contributed by atoms with Crippen molar-refractivity contribution in [2.24, 2.45) is 0 Å². The number of imidazole rings is 1. The van der Waals surface area contributed by atoms with Crippen LogP contribution >= 0.6 is 11.6 Å². The molecule has 1 N–H and O–H groups in total. The maximum absolute atomic E-state index is 5.93. The average molecular weight is 239 g/mol. The highest BCUT2D eigenvalue weighted by atomic mass is 35.5. The molecule has 0 amide bonds. The third-order valence-electron chi connectivity index (χ3n) is 2.41. The minimum absolute atomic E-state index is 0.0174. The molecule has 16 heavy (non-hydrogen) atoms. The highest BCUT2D eigenvalue weighted by Crippen LogP contribution is 2.24. The molecule has 0 saturated heterocycles. The Balaban J connectivity index is 2.70. The molecular formula is C11H15ClN4. The van der Waals surface area contributed by atoms with Gasteiger partial charge < -0.3 is 9.72 Å². The minimum atomic E-state index is 0.0174. The third-order valence-corrected chi connectivity index (χ3v) is 2.60. The summed E-state index contributed by atoms with van der Waals surface area (Å²) in [5.41, 5.74) is 1.84. The summed E-state index contributed by atoms with van der Waals surface area (Å²) in [6, 6.07) is 0. The largest absolute Gasteiger partial charge is 0.370 e. The first-order chi connectivity index (χ1) is 7.41. The number of hydrogen-bond donors (Lipinski definition) is 1. The van der Waals surface area contributed by atoms with Gasteiger partial charge in [-0.25, -0.2) is 9.97 Å². The Labute approximate surface area is 99.7 Å². The van der Waals surface area contributed by atoms with E-state index in [1.165, 1.54) is 0 Å². The molecule has 86 valence electrons. The number of anilines is 1. The summed E-state index contributed by atoms with van der Waals surface area (Å²) in [6.45, 7) is 6.38. The van der Waals surface area contributed by atoms with Crippen molar-refractivity contribution in [3.63, 3.8) is 0 Å². The van der Waals surface area contributed by atoms with Crippen LogP contribution in [0, 0.1) is 0 Å². The Morgan fingerprint density at radius 1 is 1.25 bits per heavy atom. The van der Waals surface area contributed by atoms with Gasteiger partial charge in [0.05, 0.1) is 5.69 Å². The zero-order valence-corrected chi connectivity index (χ0v) is 10.6. The van der Waals surface area contributed by atoms with Crippen molar-refractivity contribution < 1.29 is 0 Å². The van der Waals surface area contributed by atoms with E-state index in [0.717, 1.165) is 11.3 Å². The number of rotatable bonds is 1. The topological polar surface area (TPSA) is 42.2 Å². The molecule has 0 atom stereocenters. The standard InChI is InChI=1S/C11H15ClN4/c1-11(2,3)7-5-16-6-8(12)15-9(13-4)10(16)14-7/h5-6H,1-4H3,(H,13,15). The lowest BCUT2D eigenvalue weighted by Gasteiger charge is -2.13. The van der Waals surface area contributed by atoms with E-state index in [4.69, 9.17) is 11.6 Å². The number of nitrogens with zero attached hydrogens (tertiary/aromatic N) is 3. The molecule has 0 aliphatic carbocycles. The van der Waals surface area contributed by atoms with Gasteiger partial charge in [-0.05, 0) is 0 Å². The van der Waals surface area contributed by atoms with Crippen LogP contribution in [0.15, 0.2) is 12.4 Å². The van der Waals surface area contributed by atoms with Gasteiger partial charge >= 0.3 is 0 Å². The molecule has 2 rings (SSSR count). The van der Waals surface area contributed by atoms with Crippen LogP contribution < -0.4 is 5.32 Å². The molecule has 2 aromatic rings. The predicted octanol–water partition coefficient (Wildman–Crippen LogP) is 2.72. The predicted molar refractivity (Wildman–Crippen MR) is 66.2 cm³/mol. The summed E-state index contributed by atoms with van der Waals surface area (Å²) in [4.78, 5) is 8.76. The van der Waals surface area contributed by atoms with Crippen molar-refractivity contribution in [1.29, 1.82) is 0 Å². The van der Waals surface area contributed by atoms with E-state index in [0.29, 0.717) is 11.0 Å². The van der Waals surface area contributed by atoms with Gasteiger partial charge in [0.1, 0.15) is 5.15 Å². The molecule has 2 aromatic heterocycles. The summed E-state index contributed by atoms with van der Waals surface area (Å²) in [5, 5.41) is 3.45. The van der Waals surface area contributed by atoms with Gasteiger partial charge in [-0.15, -0.1) is 0 Å². The van der Waals surface area contributed by atoms with Gasteiger partial charge in [-0.1, -0.05) is 32.4 Å². The van der Waals surface area contributed by atoms with Gasteiger partial charge in [0.25, 0.3) is 0 Å². The van der Waals surface area contributed by atoms with E-state index >= 15 is 0 Å². The first-order valence-electron chi connectivity index (χ1n) is 5.15. The molecule has 0 bridgehead atoms. The number of nitrogens with one attached hydrogen (secondary N) is 1. The summed E-state index contributed by atoms with van der Waals surface area (Å²) in [7, 11) is 1.81. The Hall–Kier alpha value is -1.29. The first kappa shape index (κ1) is 11.2.